The number of nitrogens with one attached hydrogen (secondary N) is 1. The number of anilines is 1. The monoisotopic (exact) mass is 356 g/mol. The second-order valence-electron chi connectivity index (χ2n) is 5.59. The first kappa shape index (κ1) is 17.0. The lowest BCUT2D eigenvalue weighted by Crippen LogP contribution is -2.41. The first-order valence-electron chi connectivity index (χ1n) is 7.58. The van der Waals surface area contributed by atoms with Gasteiger partial charge in [0, 0.05) is 28.9 Å². The minimum atomic E-state index is -2.34. The van der Waals surface area contributed by atoms with Gasteiger partial charge in [0.15, 0.2) is 0 Å². The third kappa shape index (κ3) is 3.83. The summed E-state index contributed by atoms with van der Waals surface area (Å²) in [6.45, 7) is 0. The normalized spacial score (nSPS) is 19.2. The molecule has 126 valence electrons. The highest BCUT2D eigenvalue weighted by Crippen LogP contribution is 2.26. The summed E-state index contributed by atoms with van der Waals surface area (Å²) in [6.07, 6.45) is 1.78. The quantitative estimate of drug-likeness (QED) is 0.833. The number of nitrogens with zero attached hydrogens (tertiary/aromatic N) is 1. The Hall–Kier alpha value is -2.79. The second-order valence-corrected chi connectivity index (χ2v) is 6.02. The molecule has 25 heavy (non-hydrogen) atoms. The highest BCUT2D eigenvalue weighted by Gasteiger charge is 2.40. The maximum absolute atomic E-state index is 15.1. The molecule has 1 atom stereocenters. The van der Waals surface area contributed by atoms with E-state index in [0.717, 1.165) is 12.3 Å². The van der Waals surface area contributed by atoms with Crippen LogP contribution < -0.4 is 5.32 Å². The van der Waals surface area contributed by atoms with Gasteiger partial charge in [0.05, 0.1) is 5.71 Å². The number of alkyl halides is 1. The lowest BCUT2D eigenvalue weighted by molar-refractivity contribution is -0.124. The van der Waals surface area contributed by atoms with E-state index in [1.807, 2.05) is 0 Å². The van der Waals surface area contributed by atoms with Gasteiger partial charge in [-0.05, 0) is 42.5 Å². The summed E-state index contributed by atoms with van der Waals surface area (Å²) >= 11 is 5.80. The first-order chi connectivity index (χ1) is 12.0. The Morgan fingerprint density at radius 3 is 2.44 bits per heavy atom. The predicted molar refractivity (Wildman–Crippen MR) is 95.9 cm³/mol. The number of Topliss-reactive ketones (excluding diaryl/α,β-unsaturated/α-hetero) is 1. The molecule has 0 bridgehead atoms. The van der Waals surface area contributed by atoms with E-state index in [2.05, 4.69) is 10.3 Å². The van der Waals surface area contributed by atoms with Crippen LogP contribution in [0.15, 0.2) is 71.9 Å². The molecule has 4 nitrogen and oxygen atoms in total. The van der Waals surface area contributed by atoms with Crippen molar-refractivity contribution < 1.29 is 14.0 Å². The van der Waals surface area contributed by atoms with Crippen LogP contribution in [0.4, 0.5) is 10.1 Å². The van der Waals surface area contributed by atoms with Gasteiger partial charge in [-0.25, -0.2) is 4.39 Å². The maximum Gasteiger partial charge on any atom is 0.266 e. The zero-order chi connectivity index (χ0) is 17.9. The molecule has 0 spiro atoms. The van der Waals surface area contributed by atoms with Gasteiger partial charge in [-0.2, -0.15) is 0 Å². The number of carbonyl (C=O) groups excluding carboxylic acids is 2. The average molecular weight is 357 g/mol. The fourth-order valence-corrected chi connectivity index (χ4v) is 2.54. The summed E-state index contributed by atoms with van der Waals surface area (Å²) < 4.78 is 15.1. The van der Waals surface area contributed by atoms with E-state index >= 15 is 4.39 Å². The molecule has 6 heteroatoms. The fraction of sp³-hybridized carbons (Fsp3) is 0.105. The van der Waals surface area contributed by atoms with Gasteiger partial charge in [0.1, 0.15) is 0 Å². The van der Waals surface area contributed by atoms with Crippen molar-refractivity contribution in [2.45, 2.75) is 12.1 Å². The largest absolute Gasteiger partial charge is 0.323 e. The van der Waals surface area contributed by atoms with Crippen LogP contribution in [-0.2, 0) is 4.79 Å². The van der Waals surface area contributed by atoms with Crippen LogP contribution in [0, 0.1) is 0 Å². The van der Waals surface area contributed by atoms with Crippen molar-refractivity contribution in [1.82, 2.24) is 0 Å². The molecule has 2 aromatic carbocycles. The van der Waals surface area contributed by atoms with Gasteiger partial charge >= 0.3 is 0 Å². The van der Waals surface area contributed by atoms with Crippen LogP contribution in [0.3, 0.4) is 0 Å². The van der Waals surface area contributed by atoms with Crippen molar-refractivity contribution in [3.8, 4) is 0 Å². The number of carbonyl (C=O) groups is 2. The first-order valence-corrected chi connectivity index (χ1v) is 7.96. The number of hydrogen-bond donors (Lipinski definition) is 1. The van der Waals surface area contributed by atoms with Crippen molar-refractivity contribution in [3.05, 3.63) is 77.5 Å². The number of para-hydroxylation sites is 1. The molecule has 1 unspecified atom stereocenters. The van der Waals surface area contributed by atoms with Crippen LogP contribution in [-0.4, -0.2) is 23.1 Å². The Morgan fingerprint density at radius 1 is 1.08 bits per heavy atom. The maximum atomic E-state index is 15.1. The molecule has 1 amide bonds. The van der Waals surface area contributed by atoms with Crippen LogP contribution in [0.25, 0.3) is 0 Å². The molecule has 0 aromatic heterocycles. The molecule has 1 N–H and O–H groups in total. The van der Waals surface area contributed by atoms with Gasteiger partial charge in [-0.3, -0.25) is 14.6 Å². The zero-order valence-electron chi connectivity index (χ0n) is 13.1. The number of rotatable bonds is 4. The summed E-state index contributed by atoms with van der Waals surface area (Å²) in [5.74, 6) is -1.28. The molecule has 1 heterocycles. The molecule has 0 saturated heterocycles. The Labute approximate surface area is 149 Å². The second kappa shape index (κ2) is 6.99. The molecule has 0 aliphatic carbocycles. The SMILES string of the molecule is O=C(C1=NC=CC(F)(C(=O)Nc2ccccc2)C1)c1ccc(Cl)cc1. The van der Waals surface area contributed by atoms with Crippen LogP contribution >= 0.6 is 11.6 Å². The van der Waals surface area contributed by atoms with E-state index in [0.29, 0.717) is 16.3 Å². The molecule has 2 aromatic rings. The number of aliphatic imine (C=N–C) groups is 1. The van der Waals surface area contributed by atoms with Crippen LogP contribution in [0.5, 0.6) is 0 Å². The fourth-order valence-electron chi connectivity index (χ4n) is 2.41. The van der Waals surface area contributed by atoms with Crippen LogP contribution in [0.2, 0.25) is 5.02 Å². The predicted octanol–water partition coefficient (Wildman–Crippen LogP) is 4.23. The Morgan fingerprint density at radius 2 is 1.76 bits per heavy atom. The van der Waals surface area contributed by atoms with Gasteiger partial charge in [-0.15, -0.1) is 0 Å². The van der Waals surface area contributed by atoms with E-state index in [9.17, 15) is 9.59 Å². The molecule has 3 rings (SSSR count). The number of ketones is 1. The zero-order valence-corrected chi connectivity index (χ0v) is 13.8. The third-order valence-corrected chi connectivity index (χ3v) is 4.02. The smallest absolute Gasteiger partial charge is 0.266 e. The Balaban J connectivity index is 1.76. The Kier molecular flexibility index (Phi) is 4.76. The molecule has 0 saturated carbocycles. The number of benzene rings is 2. The van der Waals surface area contributed by atoms with Crippen LogP contribution in [0.1, 0.15) is 16.8 Å². The van der Waals surface area contributed by atoms with E-state index < -0.39 is 23.8 Å². The molecule has 1 aliphatic rings. The summed E-state index contributed by atoms with van der Waals surface area (Å²) in [5, 5.41) is 3.00. The Bertz CT molecular complexity index is 863. The van der Waals surface area contributed by atoms with E-state index in [4.69, 9.17) is 11.6 Å². The van der Waals surface area contributed by atoms with Crippen molar-refractivity contribution in [3.63, 3.8) is 0 Å². The lowest BCUT2D eigenvalue weighted by atomic mass is 9.91. The number of hydrogen-bond acceptors (Lipinski definition) is 3. The topological polar surface area (TPSA) is 58.5 Å². The van der Waals surface area contributed by atoms with E-state index in [-0.39, 0.29) is 5.71 Å². The third-order valence-electron chi connectivity index (χ3n) is 3.77. The minimum Gasteiger partial charge on any atom is -0.323 e. The van der Waals surface area contributed by atoms with Crippen molar-refractivity contribution in [2.24, 2.45) is 4.99 Å². The highest BCUT2D eigenvalue weighted by molar-refractivity contribution is 6.47. The van der Waals surface area contributed by atoms with Gasteiger partial charge < -0.3 is 5.32 Å². The number of amides is 1. The van der Waals surface area contributed by atoms with E-state index in [1.165, 1.54) is 12.1 Å². The van der Waals surface area contributed by atoms with Crippen molar-refractivity contribution in [1.29, 1.82) is 0 Å². The summed E-state index contributed by atoms with van der Waals surface area (Å²) in [6, 6.07) is 14.8. The average Bonchev–Trinajstić information content (AvgIpc) is 2.62. The molecular weight excluding hydrogens is 343 g/mol. The highest BCUT2D eigenvalue weighted by atomic mass is 35.5. The van der Waals surface area contributed by atoms with Gasteiger partial charge in [0.25, 0.3) is 5.91 Å². The van der Waals surface area contributed by atoms with Crippen molar-refractivity contribution >= 4 is 34.7 Å². The van der Waals surface area contributed by atoms with Gasteiger partial charge in [0.2, 0.25) is 11.5 Å². The summed E-state index contributed by atoms with van der Waals surface area (Å²) in [5.41, 5.74) is -1.54. The van der Waals surface area contributed by atoms with Gasteiger partial charge in [-0.1, -0.05) is 29.8 Å². The standard InChI is InChI=1S/C19H14ClFN2O2/c20-14-8-6-13(7-9-14)17(24)16-12-19(21,10-11-22-16)18(25)23-15-4-2-1-3-5-15/h1-11H,12H2,(H,23,25). The molecule has 0 radical (unpaired) electrons. The minimum absolute atomic E-state index is 0.0180. The summed E-state index contributed by atoms with van der Waals surface area (Å²) in [4.78, 5) is 28.7. The molecule has 1 aliphatic heterocycles. The van der Waals surface area contributed by atoms with Crippen molar-refractivity contribution in [2.75, 3.05) is 5.32 Å². The summed E-state index contributed by atoms with van der Waals surface area (Å²) in [7, 11) is 0. The molecular formula is C19H14ClFN2O2. The molecule has 0 fully saturated rings. The lowest BCUT2D eigenvalue weighted by Gasteiger charge is -2.23. The van der Waals surface area contributed by atoms with E-state index in [1.54, 1.807) is 42.5 Å². The number of halogens is 2.